The summed E-state index contributed by atoms with van der Waals surface area (Å²) < 4.78 is 5.82. The maximum atomic E-state index is 12.7. The molecule has 1 unspecified atom stereocenters. The fourth-order valence-corrected chi connectivity index (χ4v) is 6.35. The number of urea groups is 1. The fraction of sp³-hybridized carbons (Fsp3) is 0.278. The van der Waals surface area contributed by atoms with Crippen LogP contribution in [-0.4, -0.2) is 36.5 Å². The second-order valence-electron chi connectivity index (χ2n) is 11.7. The molecule has 6 rings (SSSR count). The van der Waals surface area contributed by atoms with Crippen molar-refractivity contribution in [1.29, 1.82) is 0 Å². The molecular weight excluding hydrogens is 536 g/mol. The zero-order valence-electron chi connectivity index (χ0n) is 24.3. The smallest absolute Gasteiger partial charge is 0.323 e. The van der Waals surface area contributed by atoms with Gasteiger partial charge in [0.05, 0.1) is 0 Å². The van der Waals surface area contributed by atoms with E-state index in [9.17, 15) is 9.59 Å². The predicted molar refractivity (Wildman–Crippen MR) is 171 cm³/mol. The zero-order valence-corrected chi connectivity index (χ0v) is 24.3. The maximum absolute atomic E-state index is 12.7. The van der Waals surface area contributed by atoms with Crippen molar-refractivity contribution in [2.45, 2.75) is 38.0 Å². The van der Waals surface area contributed by atoms with Crippen molar-refractivity contribution in [2.75, 3.05) is 30.3 Å². The molecule has 0 radical (unpaired) electrons. The average molecular weight is 575 g/mol. The summed E-state index contributed by atoms with van der Waals surface area (Å²) in [6, 6.07) is 30.8. The number of benzene rings is 4. The van der Waals surface area contributed by atoms with E-state index in [1.165, 1.54) is 16.7 Å². The number of rotatable bonds is 8. The molecule has 1 aliphatic heterocycles. The van der Waals surface area contributed by atoms with Gasteiger partial charge in [0, 0.05) is 23.5 Å². The normalized spacial score (nSPS) is 17.1. The highest BCUT2D eigenvalue weighted by Crippen LogP contribution is 2.32. The highest BCUT2D eigenvalue weighted by atomic mass is 16.5. The van der Waals surface area contributed by atoms with Gasteiger partial charge in [0.2, 0.25) is 5.91 Å². The molecule has 0 aromatic heterocycles. The standard InChI is InChI=1S/C36H38N4O3/c37-35(41)30-6-4-5-27(22-30)26-17-19-40(20-18-26)24-25-9-10-29-23-32(12-11-28(29)21-25)39-36(42)38-31-13-15-34(16-14-31)43-33-7-2-1-3-8-33/h1-8,11-16,22-23,25-26H,9-10,17-21,24H2,(H2,37,41)(H2,38,39,42). The Kier molecular flexibility index (Phi) is 8.70. The average Bonchev–Trinajstić information content (AvgIpc) is 3.03. The quantitative estimate of drug-likeness (QED) is 0.207. The molecule has 0 bridgehead atoms. The Morgan fingerprint density at radius 1 is 0.767 bits per heavy atom. The summed E-state index contributed by atoms with van der Waals surface area (Å²) >= 11 is 0. The summed E-state index contributed by atoms with van der Waals surface area (Å²) in [6.45, 7) is 3.27. The van der Waals surface area contributed by atoms with Crippen molar-refractivity contribution in [3.63, 3.8) is 0 Å². The van der Waals surface area contributed by atoms with Crippen LogP contribution in [0, 0.1) is 5.92 Å². The summed E-state index contributed by atoms with van der Waals surface area (Å²) in [5.41, 5.74) is 11.5. The van der Waals surface area contributed by atoms with Gasteiger partial charge in [0.1, 0.15) is 11.5 Å². The van der Waals surface area contributed by atoms with E-state index in [2.05, 4.69) is 33.7 Å². The predicted octanol–water partition coefficient (Wildman–Crippen LogP) is 7.21. The number of anilines is 2. The van der Waals surface area contributed by atoms with Crippen molar-refractivity contribution in [1.82, 2.24) is 4.90 Å². The van der Waals surface area contributed by atoms with Crippen LogP contribution >= 0.6 is 0 Å². The summed E-state index contributed by atoms with van der Waals surface area (Å²) in [5, 5.41) is 5.89. The van der Waals surface area contributed by atoms with Crippen molar-refractivity contribution in [3.8, 4) is 11.5 Å². The SMILES string of the molecule is NC(=O)c1cccc(C2CCN(CC3CCc4cc(NC(=O)Nc5ccc(Oc6ccccc6)cc5)ccc4C3)CC2)c1. The lowest BCUT2D eigenvalue weighted by molar-refractivity contribution is 0.1000. The Bertz CT molecular complexity index is 1560. The number of hydrogen-bond acceptors (Lipinski definition) is 4. The van der Waals surface area contributed by atoms with Crippen LogP contribution in [0.2, 0.25) is 0 Å². The topological polar surface area (TPSA) is 96.7 Å². The third-order valence-electron chi connectivity index (χ3n) is 8.63. The van der Waals surface area contributed by atoms with E-state index in [4.69, 9.17) is 10.5 Å². The van der Waals surface area contributed by atoms with E-state index in [0.717, 1.165) is 63.2 Å². The van der Waals surface area contributed by atoms with Crippen LogP contribution in [0.25, 0.3) is 0 Å². The zero-order chi connectivity index (χ0) is 29.6. The number of nitrogens with two attached hydrogens (primary N) is 1. The Morgan fingerprint density at radius 3 is 2.26 bits per heavy atom. The Hall–Kier alpha value is -4.62. The molecule has 3 amide bonds. The van der Waals surface area contributed by atoms with E-state index >= 15 is 0 Å². The maximum Gasteiger partial charge on any atom is 0.323 e. The number of fused-ring (bicyclic) bond motifs is 1. The van der Waals surface area contributed by atoms with E-state index in [0.29, 0.717) is 28.8 Å². The number of primary amides is 1. The molecule has 0 saturated carbocycles. The second kappa shape index (κ2) is 13.1. The molecule has 1 aliphatic carbocycles. The Balaban J connectivity index is 0.964. The molecule has 1 atom stereocenters. The largest absolute Gasteiger partial charge is 0.457 e. The molecule has 4 aromatic carbocycles. The number of hydrogen-bond donors (Lipinski definition) is 3. The number of carbonyl (C=O) groups is 2. The van der Waals surface area contributed by atoms with Crippen LogP contribution in [0.15, 0.2) is 97.1 Å². The van der Waals surface area contributed by atoms with Gasteiger partial charge in [0.15, 0.2) is 0 Å². The number of amides is 3. The number of nitrogens with one attached hydrogen (secondary N) is 2. The lowest BCUT2D eigenvalue weighted by atomic mass is 9.82. The first-order valence-electron chi connectivity index (χ1n) is 15.1. The van der Waals surface area contributed by atoms with Crippen molar-refractivity contribution in [2.24, 2.45) is 11.7 Å². The third-order valence-corrected chi connectivity index (χ3v) is 8.63. The Labute approximate surface area is 253 Å². The van der Waals surface area contributed by atoms with Gasteiger partial charge in [-0.2, -0.15) is 0 Å². The summed E-state index contributed by atoms with van der Waals surface area (Å²) in [6.07, 6.45) is 5.46. The first-order valence-corrected chi connectivity index (χ1v) is 15.1. The number of piperidine rings is 1. The van der Waals surface area contributed by atoms with Crippen LogP contribution in [0.3, 0.4) is 0 Å². The van der Waals surface area contributed by atoms with Crippen LogP contribution in [0.4, 0.5) is 16.2 Å². The monoisotopic (exact) mass is 574 g/mol. The Morgan fingerprint density at radius 2 is 1.49 bits per heavy atom. The van der Waals surface area contributed by atoms with Crippen LogP contribution in [-0.2, 0) is 12.8 Å². The highest BCUT2D eigenvalue weighted by Gasteiger charge is 2.25. The van der Waals surface area contributed by atoms with Gasteiger partial charge >= 0.3 is 6.03 Å². The molecule has 1 saturated heterocycles. The second-order valence-corrected chi connectivity index (χ2v) is 11.7. The number of likely N-dealkylation sites (tertiary alicyclic amines) is 1. The molecule has 2 aliphatic rings. The van der Waals surface area contributed by atoms with E-state index in [1.807, 2.05) is 72.8 Å². The molecule has 4 aromatic rings. The van der Waals surface area contributed by atoms with Crippen molar-refractivity contribution < 1.29 is 14.3 Å². The molecule has 220 valence electrons. The van der Waals surface area contributed by atoms with Crippen molar-refractivity contribution >= 4 is 23.3 Å². The molecule has 1 fully saturated rings. The van der Waals surface area contributed by atoms with Crippen LogP contribution in [0.1, 0.15) is 52.2 Å². The van der Waals surface area contributed by atoms with Gasteiger partial charge in [-0.15, -0.1) is 0 Å². The summed E-state index contributed by atoms with van der Waals surface area (Å²) in [4.78, 5) is 26.9. The highest BCUT2D eigenvalue weighted by molar-refractivity contribution is 5.99. The lowest BCUT2D eigenvalue weighted by Gasteiger charge is -2.36. The number of aryl methyl sites for hydroxylation is 1. The number of ether oxygens (including phenoxy) is 1. The number of nitrogens with zero attached hydrogens (tertiary/aromatic N) is 1. The molecular formula is C36H38N4O3. The van der Waals surface area contributed by atoms with Gasteiger partial charge in [-0.3, -0.25) is 4.79 Å². The van der Waals surface area contributed by atoms with E-state index in [-0.39, 0.29) is 11.9 Å². The first kappa shape index (κ1) is 28.5. The van der Waals surface area contributed by atoms with Gasteiger partial charge in [0.25, 0.3) is 0 Å². The first-order chi connectivity index (χ1) is 21.0. The molecule has 7 nitrogen and oxygen atoms in total. The van der Waals surface area contributed by atoms with E-state index in [1.54, 1.807) is 6.07 Å². The minimum absolute atomic E-state index is 0.268. The van der Waals surface area contributed by atoms with Crippen molar-refractivity contribution in [3.05, 3.63) is 119 Å². The summed E-state index contributed by atoms with van der Waals surface area (Å²) in [5.74, 6) is 2.24. The van der Waals surface area contributed by atoms with Gasteiger partial charge < -0.3 is 26.0 Å². The van der Waals surface area contributed by atoms with Crippen LogP contribution < -0.4 is 21.1 Å². The fourth-order valence-electron chi connectivity index (χ4n) is 6.35. The molecule has 4 N–H and O–H groups in total. The number of para-hydroxylation sites is 1. The lowest BCUT2D eigenvalue weighted by Crippen LogP contribution is -2.38. The molecule has 1 heterocycles. The number of carbonyl (C=O) groups excluding carboxylic acids is 2. The van der Waals surface area contributed by atoms with Gasteiger partial charge in [-0.25, -0.2) is 4.79 Å². The minimum atomic E-state index is -0.362. The molecule has 43 heavy (non-hydrogen) atoms. The van der Waals surface area contributed by atoms with Gasteiger partial charge in [-0.05, 0) is 134 Å². The van der Waals surface area contributed by atoms with Crippen LogP contribution in [0.5, 0.6) is 11.5 Å². The minimum Gasteiger partial charge on any atom is -0.457 e. The summed E-state index contributed by atoms with van der Waals surface area (Å²) in [7, 11) is 0. The third kappa shape index (κ3) is 7.43. The van der Waals surface area contributed by atoms with Gasteiger partial charge in [-0.1, -0.05) is 36.4 Å². The molecule has 0 spiro atoms. The molecule has 7 heteroatoms. The van der Waals surface area contributed by atoms with E-state index < -0.39 is 0 Å².